The molecule has 0 radical (unpaired) electrons. The van der Waals surface area contributed by atoms with Gasteiger partial charge in [-0.3, -0.25) is 0 Å². The Morgan fingerprint density at radius 1 is 1.10 bits per heavy atom. The van der Waals surface area contributed by atoms with Crippen molar-refractivity contribution in [2.24, 2.45) is 5.92 Å². The maximum Gasteiger partial charge on any atom is 0.133 e. The van der Waals surface area contributed by atoms with Crippen LogP contribution in [0.1, 0.15) is 63.6 Å². The minimum Gasteiger partial charge on any atom is -0.310 e. The third-order valence-electron chi connectivity index (χ3n) is 4.03. The molecular formula is C17H27F2N. The van der Waals surface area contributed by atoms with Crippen LogP contribution >= 0.6 is 0 Å². The fraction of sp³-hybridized carbons (Fsp3) is 0.647. The van der Waals surface area contributed by atoms with Crippen LogP contribution in [0.3, 0.4) is 0 Å². The minimum atomic E-state index is -0.437. The second kappa shape index (κ2) is 8.35. The highest BCUT2D eigenvalue weighted by atomic mass is 19.1. The molecule has 0 saturated carbocycles. The standard InChI is InChI=1S/C17H27F2N/c1-5-10-20-15(11-13(6-2)7-3)16-14(18)9-8-12(4)17(16)19/h8-9,13,15,20H,5-7,10-11H2,1-4H3. The highest BCUT2D eigenvalue weighted by Gasteiger charge is 2.23. The molecule has 0 aliphatic heterocycles. The van der Waals surface area contributed by atoms with Crippen LogP contribution in [0, 0.1) is 24.5 Å². The van der Waals surface area contributed by atoms with Crippen LogP contribution in [0.15, 0.2) is 12.1 Å². The summed E-state index contributed by atoms with van der Waals surface area (Å²) in [6, 6.07) is 2.64. The van der Waals surface area contributed by atoms with Crippen molar-refractivity contribution in [3.8, 4) is 0 Å². The van der Waals surface area contributed by atoms with Gasteiger partial charge in [0.1, 0.15) is 11.6 Å². The smallest absolute Gasteiger partial charge is 0.133 e. The van der Waals surface area contributed by atoms with Crippen LogP contribution in [0.5, 0.6) is 0 Å². The lowest BCUT2D eigenvalue weighted by Crippen LogP contribution is -2.26. The summed E-state index contributed by atoms with van der Waals surface area (Å²) in [5, 5.41) is 3.31. The largest absolute Gasteiger partial charge is 0.310 e. The Hall–Kier alpha value is -0.960. The monoisotopic (exact) mass is 283 g/mol. The molecule has 0 fully saturated rings. The van der Waals surface area contributed by atoms with Gasteiger partial charge < -0.3 is 5.32 Å². The van der Waals surface area contributed by atoms with Crippen LogP contribution in [0.25, 0.3) is 0 Å². The van der Waals surface area contributed by atoms with Crippen molar-refractivity contribution in [2.75, 3.05) is 6.54 Å². The number of rotatable bonds is 8. The van der Waals surface area contributed by atoms with Gasteiger partial charge in [-0.15, -0.1) is 0 Å². The Morgan fingerprint density at radius 2 is 1.75 bits per heavy atom. The van der Waals surface area contributed by atoms with E-state index in [-0.39, 0.29) is 11.6 Å². The first-order valence-electron chi connectivity index (χ1n) is 7.72. The molecule has 1 aromatic rings. The first-order chi connectivity index (χ1) is 9.54. The van der Waals surface area contributed by atoms with Crippen LogP contribution in [-0.4, -0.2) is 6.54 Å². The van der Waals surface area contributed by atoms with E-state index in [1.54, 1.807) is 6.92 Å². The third kappa shape index (κ3) is 4.27. The fourth-order valence-electron chi connectivity index (χ4n) is 2.57. The lowest BCUT2D eigenvalue weighted by molar-refractivity contribution is 0.354. The number of halogens is 2. The van der Waals surface area contributed by atoms with E-state index in [2.05, 4.69) is 26.1 Å². The second-order valence-corrected chi connectivity index (χ2v) is 5.52. The number of aryl methyl sites for hydroxylation is 1. The van der Waals surface area contributed by atoms with Crippen molar-refractivity contribution in [3.63, 3.8) is 0 Å². The van der Waals surface area contributed by atoms with Crippen LogP contribution in [0.2, 0.25) is 0 Å². The van der Waals surface area contributed by atoms with Gasteiger partial charge in [0, 0.05) is 11.6 Å². The Labute approximate surface area is 121 Å². The summed E-state index contributed by atoms with van der Waals surface area (Å²) in [4.78, 5) is 0. The molecule has 0 amide bonds. The van der Waals surface area contributed by atoms with E-state index in [0.717, 1.165) is 32.2 Å². The molecule has 1 aromatic carbocycles. The van der Waals surface area contributed by atoms with Gasteiger partial charge in [0.15, 0.2) is 0 Å². The zero-order valence-electron chi connectivity index (χ0n) is 13.1. The highest BCUT2D eigenvalue weighted by Crippen LogP contribution is 2.30. The topological polar surface area (TPSA) is 12.0 Å². The van der Waals surface area contributed by atoms with Gasteiger partial charge in [-0.1, -0.05) is 39.7 Å². The number of nitrogens with one attached hydrogen (secondary N) is 1. The van der Waals surface area contributed by atoms with Crippen molar-refractivity contribution < 1.29 is 8.78 Å². The Bertz CT molecular complexity index is 414. The minimum absolute atomic E-state index is 0.213. The zero-order valence-corrected chi connectivity index (χ0v) is 13.1. The molecule has 1 rings (SSSR count). The summed E-state index contributed by atoms with van der Waals surface area (Å²) in [7, 11) is 0. The van der Waals surface area contributed by atoms with E-state index in [9.17, 15) is 8.78 Å². The van der Waals surface area contributed by atoms with E-state index in [0.29, 0.717) is 11.5 Å². The zero-order chi connectivity index (χ0) is 15.1. The summed E-state index contributed by atoms with van der Waals surface area (Å²) in [5.74, 6) is -0.346. The summed E-state index contributed by atoms with van der Waals surface area (Å²) >= 11 is 0. The molecule has 0 spiro atoms. The van der Waals surface area contributed by atoms with Gasteiger partial charge in [-0.2, -0.15) is 0 Å². The molecule has 1 atom stereocenters. The van der Waals surface area contributed by atoms with Crippen molar-refractivity contribution in [2.45, 2.75) is 59.4 Å². The predicted octanol–water partition coefficient (Wildman–Crippen LogP) is 5.14. The van der Waals surface area contributed by atoms with Gasteiger partial charge in [0.25, 0.3) is 0 Å². The molecule has 1 N–H and O–H groups in total. The normalized spacial score (nSPS) is 12.9. The molecule has 0 saturated heterocycles. The third-order valence-corrected chi connectivity index (χ3v) is 4.03. The molecule has 20 heavy (non-hydrogen) atoms. The lowest BCUT2D eigenvalue weighted by atomic mass is 9.90. The quantitative estimate of drug-likeness (QED) is 0.696. The van der Waals surface area contributed by atoms with E-state index >= 15 is 0 Å². The fourth-order valence-corrected chi connectivity index (χ4v) is 2.57. The number of hydrogen-bond donors (Lipinski definition) is 1. The first kappa shape index (κ1) is 17.1. The van der Waals surface area contributed by atoms with Crippen molar-refractivity contribution in [1.82, 2.24) is 5.32 Å². The molecule has 3 heteroatoms. The molecule has 0 aliphatic carbocycles. The van der Waals surface area contributed by atoms with Crippen molar-refractivity contribution >= 4 is 0 Å². The van der Waals surface area contributed by atoms with E-state index in [4.69, 9.17) is 0 Å². The van der Waals surface area contributed by atoms with Crippen molar-refractivity contribution in [1.29, 1.82) is 0 Å². The number of benzene rings is 1. The van der Waals surface area contributed by atoms with E-state index in [1.807, 2.05) is 0 Å². The van der Waals surface area contributed by atoms with E-state index < -0.39 is 11.6 Å². The van der Waals surface area contributed by atoms with Gasteiger partial charge in [0.05, 0.1) is 0 Å². The van der Waals surface area contributed by atoms with Gasteiger partial charge in [-0.25, -0.2) is 8.78 Å². The molecule has 0 aromatic heterocycles. The van der Waals surface area contributed by atoms with Gasteiger partial charge in [0.2, 0.25) is 0 Å². The molecule has 1 unspecified atom stereocenters. The summed E-state index contributed by atoms with van der Waals surface area (Å²) in [5.41, 5.74) is 0.722. The van der Waals surface area contributed by atoms with Crippen molar-refractivity contribution in [3.05, 3.63) is 34.9 Å². The molecule has 1 nitrogen and oxygen atoms in total. The van der Waals surface area contributed by atoms with Gasteiger partial charge in [-0.05, 0) is 43.9 Å². The van der Waals surface area contributed by atoms with Crippen LogP contribution < -0.4 is 5.32 Å². The molecule has 0 heterocycles. The highest BCUT2D eigenvalue weighted by molar-refractivity contribution is 5.29. The Morgan fingerprint density at radius 3 is 2.30 bits per heavy atom. The summed E-state index contributed by atoms with van der Waals surface area (Å²) in [6.45, 7) is 8.79. The number of hydrogen-bond acceptors (Lipinski definition) is 1. The lowest BCUT2D eigenvalue weighted by Gasteiger charge is -2.25. The average Bonchev–Trinajstić information content (AvgIpc) is 2.45. The molecule has 0 bridgehead atoms. The average molecular weight is 283 g/mol. The molecular weight excluding hydrogens is 256 g/mol. The maximum absolute atomic E-state index is 14.3. The van der Waals surface area contributed by atoms with Crippen LogP contribution in [0.4, 0.5) is 8.78 Å². The molecule has 114 valence electrons. The summed E-state index contributed by atoms with van der Waals surface area (Å²) in [6.07, 6.45) is 3.81. The van der Waals surface area contributed by atoms with Crippen LogP contribution in [-0.2, 0) is 0 Å². The maximum atomic E-state index is 14.3. The van der Waals surface area contributed by atoms with E-state index in [1.165, 1.54) is 12.1 Å². The Balaban J connectivity index is 3.06. The second-order valence-electron chi connectivity index (χ2n) is 5.52. The predicted molar refractivity (Wildman–Crippen MR) is 80.8 cm³/mol. The van der Waals surface area contributed by atoms with Gasteiger partial charge >= 0.3 is 0 Å². The SMILES string of the molecule is CCCNC(CC(CC)CC)c1c(F)ccc(C)c1F. The first-order valence-corrected chi connectivity index (χ1v) is 7.72. The summed E-state index contributed by atoms with van der Waals surface area (Å²) < 4.78 is 28.4. The Kier molecular flexibility index (Phi) is 7.14. The molecule has 0 aliphatic rings.